The van der Waals surface area contributed by atoms with Gasteiger partial charge in [0.15, 0.2) is 0 Å². The molecule has 1 aromatic rings. The first-order chi connectivity index (χ1) is 9.35. The highest BCUT2D eigenvalue weighted by molar-refractivity contribution is 6.06. The van der Waals surface area contributed by atoms with E-state index in [0.717, 1.165) is 25.0 Å². The average Bonchev–Trinajstić information content (AvgIpc) is 2.62. The van der Waals surface area contributed by atoms with Gasteiger partial charge in [-0.3, -0.25) is 4.79 Å². The Morgan fingerprint density at radius 3 is 2.25 bits per heavy atom. The highest BCUT2D eigenvalue weighted by Gasteiger charge is 2.46. The van der Waals surface area contributed by atoms with Gasteiger partial charge in [-0.1, -0.05) is 26.7 Å². The van der Waals surface area contributed by atoms with Crippen LogP contribution in [0.1, 0.15) is 50.7 Å². The highest BCUT2D eigenvalue weighted by Crippen LogP contribution is 2.46. The molecule has 5 heteroatoms. The van der Waals surface area contributed by atoms with Gasteiger partial charge in [-0.2, -0.15) is 13.2 Å². The third-order valence-corrected chi connectivity index (χ3v) is 3.90. The van der Waals surface area contributed by atoms with Gasteiger partial charge >= 0.3 is 6.18 Å². The quantitative estimate of drug-likeness (QED) is 0.867. The standard InChI is InChI=1S/C15H18F3NO/c1-3-7-14(8-4-2)11-9-10(15(16,17)18)5-6-12(11)19-13(14)20/h5-6,9H,3-4,7-8H2,1-2H3,(H,19,20). The van der Waals surface area contributed by atoms with Crippen molar-refractivity contribution >= 4 is 11.6 Å². The van der Waals surface area contributed by atoms with Crippen molar-refractivity contribution in [1.82, 2.24) is 0 Å². The number of fused-ring (bicyclic) bond motifs is 1. The van der Waals surface area contributed by atoms with E-state index in [0.29, 0.717) is 24.1 Å². The van der Waals surface area contributed by atoms with Crippen LogP contribution in [0.4, 0.5) is 18.9 Å². The van der Waals surface area contributed by atoms with Crippen LogP contribution < -0.4 is 5.32 Å². The summed E-state index contributed by atoms with van der Waals surface area (Å²) in [6.45, 7) is 3.88. The van der Waals surface area contributed by atoms with Crippen LogP contribution in [-0.2, 0) is 16.4 Å². The van der Waals surface area contributed by atoms with Gasteiger partial charge in [0.25, 0.3) is 0 Å². The fourth-order valence-electron chi connectivity index (χ4n) is 3.06. The molecule has 1 aliphatic rings. The molecule has 1 aromatic carbocycles. The summed E-state index contributed by atoms with van der Waals surface area (Å²) in [7, 11) is 0. The maximum atomic E-state index is 12.9. The number of carbonyl (C=O) groups is 1. The topological polar surface area (TPSA) is 29.1 Å². The van der Waals surface area contributed by atoms with E-state index in [1.54, 1.807) is 0 Å². The lowest BCUT2D eigenvalue weighted by atomic mass is 9.74. The van der Waals surface area contributed by atoms with Gasteiger partial charge in [0.05, 0.1) is 11.0 Å². The minimum Gasteiger partial charge on any atom is -0.325 e. The Morgan fingerprint density at radius 1 is 1.15 bits per heavy atom. The summed E-state index contributed by atoms with van der Waals surface area (Å²) in [5.41, 5.74) is -0.477. The monoisotopic (exact) mass is 285 g/mol. The third kappa shape index (κ3) is 2.30. The fraction of sp³-hybridized carbons (Fsp3) is 0.533. The summed E-state index contributed by atoms with van der Waals surface area (Å²) in [5, 5.41) is 2.73. The molecule has 0 atom stereocenters. The first kappa shape index (κ1) is 14.9. The summed E-state index contributed by atoms with van der Waals surface area (Å²) in [4.78, 5) is 12.3. The molecule has 2 nitrogen and oxygen atoms in total. The van der Waals surface area contributed by atoms with Gasteiger partial charge in [0, 0.05) is 5.69 Å². The number of rotatable bonds is 4. The molecule has 0 saturated heterocycles. The SMILES string of the molecule is CCCC1(CCC)C(=O)Nc2ccc(C(F)(F)F)cc21. The Hall–Kier alpha value is -1.52. The number of carbonyl (C=O) groups excluding carboxylic acids is 1. The van der Waals surface area contributed by atoms with Gasteiger partial charge in [0.1, 0.15) is 0 Å². The first-order valence-electron chi connectivity index (χ1n) is 6.88. The lowest BCUT2D eigenvalue weighted by molar-refractivity contribution is -0.137. The number of halogens is 3. The number of alkyl halides is 3. The lowest BCUT2D eigenvalue weighted by Crippen LogP contribution is -2.34. The van der Waals surface area contributed by atoms with Crippen molar-refractivity contribution in [3.8, 4) is 0 Å². The second-order valence-electron chi connectivity index (χ2n) is 5.29. The maximum Gasteiger partial charge on any atom is 0.416 e. The highest BCUT2D eigenvalue weighted by atomic mass is 19.4. The van der Waals surface area contributed by atoms with E-state index in [1.807, 2.05) is 13.8 Å². The Kier molecular flexibility index (Phi) is 3.80. The van der Waals surface area contributed by atoms with E-state index >= 15 is 0 Å². The minimum absolute atomic E-state index is 0.171. The van der Waals surface area contributed by atoms with Crippen molar-refractivity contribution in [2.75, 3.05) is 5.32 Å². The number of hydrogen-bond acceptors (Lipinski definition) is 1. The molecule has 0 spiro atoms. The molecule has 0 aromatic heterocycles. The van der Waals surface area contributed by atoms with Gasteiger partial charge in [-0.05, 0) is 36.6 Å². The fourth-order valence-corrected chi connectivity index (χ4v) is 3.06. The van der Waals surface area contributed by atoms with Crippen molar-refractivity contribution in [2.24, 2.45) is 0 Å². The van der Waals surface area contributed by atoms with Crippen LogP contribution in [0, 0.1) is 0 Å². The van der Waals surface area contributed by atoms with E-state index < -0.39 is 17.2 Å². The average molecular weight is 285 g/mol. The van der Waals surface area contributed by atoms with Crippen molar-refractivity contribution in [3.63, 3.8) is 0 Å². The first-order valence-corrected chi connectivity index (χ1v) is 6.88. The molecular weight excluding hydrogens is 267 g/mol. The minimum atomic E-state index is -4.38. The predicted octanol–water partition coefficient (Wildman–Crippen LogP) is 4.50. The van der Waals surface area contributed by atoms with Gasteiger partial charge in [-0.15, -0.1) is 0 Å². The molecular formula is C15H18F3NO. The summed E-state index contributed by atoms with van der Waals surface area (Å²) in [5.74, 6) is -0.171. The van der Waals surface area contributed by atoms with Crippen LogP contribution in [0.2, 0.25) is 0 Å². The number of hydrogen-bond donors (Lipinski definition) is 1. The number of benzene rings is 1. The van der Waals surface area contributed by atoms with Gasteiger partial charge < -0.3 is 5.32 Å². The van der Waals surface area contributed by atoms with E-state index in [4.69, 9.17) is 0 Å². The summed E-state index contributed by atoms with van der Waals surface area (Å²) in [6.07, 6.45) is -1.74. The summed E-state index contributed by atoms with van der Waals surface area (Å²) < 4.78 is 38.6. The molecule has 0 radical (unpaired) electrons. The van der Waals surface area contributed by atoms with E-state index in [9.17, 15) is 18.0 Å². The number of amides is 1. The van der Waals surface area contributed by atoms with Crippen molar-refractivity contribution in [3.05, 3.63) is 29.3 Å². The van der Waals surface area contributed by atoms with Crippen LogP contribution in [-0.4, -0.2) is 5.91 Å². The van der Waals surface area contributed by atoms with Crippen molar-refractivity contribution in [1.29, 1.82) is 0 Å². The maximum absolute atomic E-state index is 12.9. The second kappa shape index (κ2) is 5.11. The molecule has 0 saturated carbocycles. The molecule has 110 valence electrons. The predicted molar refractivity (Wildman–Crippen MR) is 71.6 cm³/mol. The lowest BCUT2D eigenvalue weighted by Gasteiger charge is -2.27. The molecule has 1 heterocycles. The van der Waals surface area contributed by atoms with Gasteiger partial charge in [-0.25, -0.2) is 0 Å². The van der Waals surface area contributed by atoms with Crippen LogP contribution >= 0.6 is 0 Å². The van der Waals surface area contributed by atoms with Crippen molar-refractivity contribution < 1.29 is 18.0 Å². The summed E-state index contributed by atoms with van der Waals surface area (Å²) >= 11 is 0. The molecule has 2 rings (SSSR count). The normalized spacial score (nSPS) is 16.9. The number of nitrogens with one attached hydrogen (secondary N) is 1. The zero-order valence-electron chi connectivity index (χ0n) is 11.6. The second-order valence-corrected chi connectivity index (χ2v) is 5.29. The Morgan fingerprint density at radius 2 is 1.75 bits per heavy atom. The molecule has 0 bridgehead atoms. The van der Waals surface area contributed by atoms with E-state index in [1.165, 1.54) is 6.07 Å². The molecule has 0 unspecified atom stereocenters. The third-order valence-electron chi connectivity index (χ3n) is 3.90. The molecule has 1 amide bonds. The molecule has 0 aliphatic carbocycles. The van der Waals surface area contributed by atoms with Crippen LogP contribution in [0.15, 0.2) is 18.2 Å². The zero-order chi connectivity index (χ0) is 15.0. The van der Waals surface area contributed by atoms with Crippen molar-refractivity contribution in [2.45, 2.75) is 51.1 Å². The van der Waals surface area contributed by atoms with Crippen LogP contribution in [0.5, 0.6) is 0 Å². The van der Waals surface area contributed by atoms with Crippen LogP contribution in [0.3, 0.4) is 0 Å². The largest absolute Gasteiger partial charge is 0.416 e. The zero-order valence-corrected chi connectivity index (χ0v) is 11.6. The number of anilines is 1. The Bertz CT molecular complexity index is 516. The van der Waals surface area contributed by atoms with E-state index in [2.05, 4.69) is 5.32 Å². The molecule has 1 aliphatic heterocycles. The van der Waals surface area contributed by atoms with Gasteiger partial charge in [0.2, 0.25) is 5.91 Å². The Labute approximate surface area is 116 Å². The van der Waals surface area contributed by atoms with E-state index in [-0.39, 0.29) is 5.91 Å². The Balaban J connectivity index is 2.56. The molecule has 1 N–H and O–H groups in total. The smallest absolute Gasteiger partial charge is 0.325 e. The van der Waals surface area contributed by atoms with Crippen LogP contribution in [0.25, 0.3) is 0 Å². The summed E-state index contributed by atoms with van der Waals surface area (Å²) in [6, 6.07) is 3.52. The molecule has 20 heavy (non-hydrogen) atoms. The molecule has 0 fully saturated rings.